The van der Waals surface area contributed by atoms with Crippen molar-refractivity contribution in [3.8, 4) is 11.3 Å². The minimum absolute atomic E-state index is 0.0223. The molecule has 0 aliphatic heterocycles. The maximum absolute atomic E-state index is 12.2. The molecule has 1 heterocycles. The van der Waals surface area contributed by atoms with Gasteiger partial charge < -0.3 is 4.90 Å². The van der Waals surface area contributed by atoms with E-state index in [9.17, 15) is 4.79 Å². The first-order valence-corrected chi connectivity index (χ1v) is 9.70. The number of aromatic nitrogens is 1. The zero-order valence-electron chi connectivity index (χ0n) is 14.2. The molecule has 1 aromatic heterocycles. The molecule has 0 aliphatic carbocycles. The van der Waals surface area contributed by atoms with Crippen LogP contribution in [0.1, 0.15) is 20.3 Å². The van der Waals surface area contributed by atoms with E-state index in [-0.39, 0.29) is 11.8 Å². The largest absolute Gasteiger partial charge is 0.304 e. The third-order valence-corrected chi connectivity index (χ3v) is 5.05. The molecule has 0 saturated heterocycles. The highest BCUT2D eigenvalue weighted by molar-refractivity contribution is 7.14. The van der Waals surface area contributed by atoms with E-state index in [2.05, 4.69) is 23.7 Å². The zero-order chi connectivity index (χ0) is 17.4. The average molecular weight is 366 g/mol. The summed E-state index contributed by atoms with van der Waals surface area (Å²) in [6.07, 6.45) is 0.907. The molecule has 0 unspecified atom stereocenters. The van der Waals surface area contributed by atoms with Gasteiger partial charge in [-0.3, -0.25) is 9.69 Å². The van der Waals surface area contributed by atoms with Crippen LogP contribution in [0.15, 0.2) is 35.7 Å². The van der Waals surface area contributed by atoms with Gasteiger partial charge in [-0.25, -0.2) is 4.98 Å². The van der Waals surface area contributed by atoms with Gasteiger partial charge >= 0.3 is 0 Å². The molecule has 2 aromatic rings. The molecular weight excluding hydrogens is 342 g/mol. The molecule has 0 spiro atoms. The van der Waals surface area contributed by atoms with Crippen molar-refractivity contribution in [3.05, 3.63) is 35.7 Å². The lowest BCUT2D eigenvalue weighted by atomic mass is 10.2. The molecular formula is C18H24ClN3OS. The van der Waals surface area contributed by atoms with E-state index in [0.29, 0.717) is 6.54 Å². The Morgan fingerprint density at radius 1 is 1.17 bits per heavy atom. The fraction of sp³-hybridized carbons (Fsp3) is 0.444. The summed E-state index contributed by atoms with van der Waals surface area (Å²) in [7, 11) is 0. The molecule has 130 valence electrons. The van der Waals surface area contributed by atoms with Crippen molar-refractivity contribution < 1.29 is 4.79 Å². The Bertz CT molecular complexity index is 628. The van der Waals surface area contributed by atoms with Crippen LogP contribution in [0.2, 0.25) is 0 Å². The van der Waals surface area contributed by atoms with Crippen LogP contribution in [0.4, 0.5) is 5.13 Å². The quantitative estimate of drug-likeness (QED) is 0.627. The van der Waals surface area contributed by atoms with Crippen molar-refractivity contribution in [1.82, 2.24) is 9.88 Å². The van der Waals surface area contributed by atoms with E-state index < -0.39 is 0 Å². The fourth-order valence-electron chi connectivity index (χ4n) is 2.52. The third kappa shape index (κ3) is 5.03. The van der Waals surface area contributed by atoms with Gasteiger partial charge in [-0.2, -0.15) is 0 Å². The average Bonchev–Trinajstić information content (AvgIpc) is 3.12. The molecule has 6 heteroatoms. The monoisotopic (exact) mass is 365 g/mol. The van der Waals surface area contributed by atoms with Gasteiger partial charge in [-0.1, -0.05) is 44.2 Å². The molecule has 0 bridgehead atoms. The first-order valence-electron chi connectivity index (χ1n) is 8.29. The molecule has 1 amide bonds. The predicted molar refractivity (Wildman–Crippen MR) is 103 cm³/mol. The second-order valence-corrected chi connectivity index (χ2v) is 6.54. The van der Waals surface area contributed by atoms with Crippen LogP contribution < -0.4 is 4.90 Å². The Balaban J connectivity index is 2.08. The van der Waals surface area contributed by atoms with E-state index in [4.69, 9.17) is 11.6 Å². The number of halogens is 1. The number of benzene rings is 1. The highest BCUT2D eigenvalue weighted by Gasteiger charge is 2.18. The summed E-state index contributed by atoms with van der Waals surface area (Å²) in [6, 6.07) is 9.99. The second-order valence-electron chi connectivity index (χ2n) is 5.44. The summed E-state index contributed by atoms with van der Waals surface area (Å²) < 4.78 is 0. The lowest BCUT2D eigenvalue weighted by molar-refractivity contribution is -0.116. The summed E-state index contributed by atoms with van der Waals surface area (Å²) in [4.78, 5) is 20.9. The maximum Gasteiger partial charge on any atom is 0.243 e. The number of hydrogen-bond acceptors (Lipinski definition) is 4. The lowest BCUT2D eigenvalue weighted by Crippen LogP contribution is -2.35. The summed E-state index contributed by atoms with van der Waals surface area (Å²) in [5, 5.41) is 2.71. The molecule has 1 aromatic carbocycles. The Kier molecular flexibility index (Phi) is 7.69. The molecule has 24 heavy (non-hydrogen) atoms. The maximum atomic E-state index is 12.2. The second kappa shape index (κ2) is 9.77. The van der Waals surface area contributed by atoms with Crippen LogP contribution in [0, 0.1) is 0 Å². The SMILES string of the molecule is CCN(CC)CCCN(C(=O)CCl)c1nc(-c2ccccc2)cs1. The van der Waals surface area contributed by atoms with Gasteiger partial charge in [0.1, 0.15) is 5.88 Å². The molecule has 4 nitrogen and oxygen atoms in total. The molecule has 0 radical (unpaired) electrons. The molecule has 0 saturated carbocycles. The fourth-order valence-corrected chi connectivity index (χ4v) is 3.54. The number of hydrogen-bond donors (Lipinski definition) is 0. The van der Waals surface area contributed by atoms with E-state index in [0.717, 1.165) is 42.4 Å². The first kappa shape index (κ1) is 18.9. The Morgan fingerprint density at radius 3 is 2.50 bits per heavy atom. The predicted octanol–water partition coefficient (Wildman–Crippen LogP) is 4.11. The number of nitrogens with zero attached hydrogens (tertiary/aromatic N) is 3. The standard InChI is InChI=1S/C18H24ClN3OS/c1-3-21(4-2)11-8-12-22(17(23)13-19)18-20-16(14-24-18)15-9-6-5-7-10-15/h5-7,9-10,14H,3-4,8,11-13H2,1-2H3. The van der Waals surface area contributed by atoms with E-state index in [1.165, 1.54) is 11.3 Å². The van der Waals surface area contributed by atoms with Gasteiger partial charge in [0.15, 0.2) is 5.13 Å². The lowest BCUT2D eigenvalue weighted by Gasteiger charge is -2.22. The van der Waals surface area contributed by atoms with Crippen molar-refractivity contribution in [1.29, 1.82) is 0 Å². The van der Waals surface area contributed by atoms with Gasteiger partial charge in [-0.15, -0.1) is 22.9 Å². The van der Waals surface area contributed by atoms with Crippen molar-refractivity contribution in [2.75, 3.05) is 37.0 Å². The molecule has 0 aliphatic rings. The topological polar surface area (TPSA) is 36.4 Å². The van der Waals surface area contributed by atoms with Crippen LogP contribution in [0.5, 0.6) is 0 Å². The molecule has 0 N–H and O–H groups in total. The number of carbonyl (C=O) groups excluding carboxylic acids is 1. The Labute approximate surface area is 153 Å². The third-order valence-electron chi connectivity index (χ3n) is 3.96. The van der Waals surface area contributed by atoms with Crippen molar-refractivity contribution in [3.63, 3.8) is 0 Å². The van der Waals surface area contributed by atoms with E-state index in [1.54, 1.807) is 4.90 Å². The minimum atomic E-state index is -0.0924. The van der Waals surface area contributed by atoms with Gasteiger partial charge in [0.05, 0.1) is 5.69 Å². The number of carbonyl (C=O) groups is 1. The first-order chi connectivity index (χ1) is 11.7. The van der Waals surface area contributed by atoms with Gasteiger partial charge in [0.25, 0.3) is 0 Å². The minimum Gasteiger partial charge on any atom is -0.304 e. The highest BCUT2D eigenvalue weighted by atomic mass is 35.5. The number of amides is 1. The molecule has 0 atom stereocenters. The van der Waals surface area contributed by atoms with Gasteiger partial charge in [0, 0.05) is 17.5 Å². The number of anilines is 1. The van der Waals surface area contributed by atoms with E-state index in [1.807, 2.05) is 35.7 Å². The summed E-state index contributed by atoms with van der Waals surface area (Å²) >= 11 is 7.28. The van der Waals surface area contributed by atoms with Crippen molar-refractivity contribution in [2.45, 2.75) is 20.3 Å². The van der Waals surface area contributed by atoms with Crippen LogP contribution >= 0.6 is 22.9 Å². The normalized spacial score (nSPS) is 11.0. The number of thiazole rings is 1. The van der Waals surface area contributed by atoms with Crippen LogP contribution in [0.25, 0.3) is 11.3 Å². The molecule has 0 fully saturated rings. The number of alkyl halides is 1. The van der Waals surface area contributed by atoms with Crippen molar-refractivity contribution in [2.24, 2.45) is 0 Å². The van der Waals surface area contributed by atoms with Crippen molar-refractivity contribution >= 4 is 34.0 Å². The number of rotatable bonds is 9. The van der Waals surface area contributed by atoms with Gasteiger partial charge in [0.2, 0.25) is 5.91 Å². The van der Waals surface area contributed by atoms with Crippen LogP contribution in [0.3, 0.4) is 0 Å². The smallest absolute Gasteiger partial charge is 0.243 e. The summed E-state index contributed by atoms with van der Waals surface area (Å²) in [5.74, 6) is -0.115. The van der Waals surface area contributed by atoms with Gasteiger partial charge in [-0.05, 0) is 26.1 Å². The highest BCUT2D eigenvalue weighted by Crippen LogP contribution is 2.27. The zero-order valence-corrected chi connectivity index (χ0v) is 15.8. The Morgan fingerprint density at radius 2 is 1.88 bits per heavy atom. The van der Waals surface area contributed by atoms with Crippen LogP contribution in [-0.4, -0.2) is 47.9 Å². The van der Waals surface area contributed by atoms with Crippen LogP contribution in [-0.2, 0) is 4.79 Å². The summed E-state index contributed by atoms with van der Waals surface area (Å²) in [5.41, 5.74) is 1.95. The van der Waals surface area contributed by atoms with E-state index >= 15 is 0 Å². The Hall–Kier alpha value is -1.43. The molecule has 2 rings (SSSR count). The summed E-state index contributed by atoms with van der Waals surface area (Å²) in [6.45, 7) is 7.96.